The largest absolute Gasteiger partial charge is 0.338 e. The molecule has 4 nitrogen and oxygen atoms in total. The summed E-state index contributed by atoms with van der Waals surface area (Å²) in [6.07, 6.45) is 8.12. The SMILES string of the molecule is CC1=CCCN(C(=O)[C@H]2CCCc3[nH]ncc32)C1. The molecule has 1 atom stereocenters. The zero-order valence-electron chi connectivity index (χ0n) is 10.8. The number of H-pyrrole nitrogens is 1. The topological polar surface area (TPSA) is 49.0 Å². The maximum absolute atomic E-state index is 12.6. The first-order chi connectivity index (χ1) is 8.75. The van der Waals surface area contributed by atoms with Crippen LogP contribution >= 0.6 is 0 Å². The van der Waals surface area contributed by atoms with Gasteiger partial charge < -0.3 is 4.90 Å². The van der Waals surface area contributed by atoms with Crippen LogP contribution in [0.25, 0.3) is 0 Å². The minimum absolute atomic E-state index is 0.0263. The Labute approximate surface area is 107 Å². The van der Waals surface area contributed by atoms with E-state index in [0.717, 1.165) is 50.0 Å². The molecular weight excluding hydrogens is 226 g/mol. The first kappa shape index (κ1) is 11.5. The van der Waals surface area contributed by atoms with Crippen molar-refractivity contribution < 1.29 is 4.79 Å². The molecular formula is C14H19N3O. The molecule has 0 aromatic carbocycles. The van der Waals surface area contributed by atoms with Crippen LogP contribution in [0.2, 0.25) is 0 Å². The second-order valence-corrected chi connectivity index (χ2v) is 5.35. The van der Waals surface area contributed by atoms with Crippen molar-refractivity contribution in [3.05, 3.63) is 29.1 Å². The van der Waals surface area contributed by atoms with Crippen LogP contribution in [0.1, 0.15) is 43.4 Å². The van der Waals surface area contributed by atoms with Gasteiger partial charge in [0.2, 0.25) is 5.91 Å². The average molecular weight is 245 g/mol. The fourth-order valence-electron chi connectivity index (χ4n) is 3.04. The minimum Gasteiger partial charge on any atom is -0.338 e. The van der Waals surface area contributed by atoms with E-state index in [1.54, 1.807) is 0 Å². The molecule has 0 bridgehead atoms. The van der Waals surface area contributed by atoms with Crippen molar-refractivity contribution in [2.75, 3.05) is 13.1 Å². The third-order valence-electron chi connectivity index (χ3n) is 3.99. The predicted octanol–water partition coefficient (Wildman–Crippen LogP) is 2.01. The first-order valence-corrected chi connectivity index (χ1v) is 6.72. The molecule has 0 spiro atoms. The molecule has 0 saturated heterocycles. The molecule has 0 radical (unpaired) electrons. The van der Waals surface area contributed by atoms with Gasteiger partial charge in [0.05, 0.1) is 12.1 Å². The Morgan fingerprint density at radius 3 is 3.28 bits per heavy atom. The highest BCUT2D eigenvalue weighted by atomic mass is 16.2. The zero-order chi connectivity index (χ0) is 12.5. The van der Waals surface area contributed by atoms with Crippen molar-refractivity contribution in [1.29, 1.82) is 0 Å². The highest BCUT2D eigenvalue weighted by molar-refractivity contribution is 5.84. The zero-order valence-corrected chi connectivity index (χ0v) is 10.8. The van der Waals surface area contributed by atoms with Crippen molar-refractivity contribution in [2.24, 2.45) is 0 Å². The number of hydrogen-bond donors (Lipinski definition) is 1. The van der Waals surface area contributed by atoms with E-state index < -0.39 is 0 Å². The van der Waals surface area contributed by atoms with Gasteiger partial charge in [0.15, 0.2) is 0 Å². The predicted molar refractivity (Wildman–Crippen MR) is 69.2 cm³/mol. The van der Waals surface area contributed by atoms with E-state index in [4.69, 9.17) is 0 Å². The summed E-state index contributed by atoms with van der Waals surface area (Å²) in [4.78, 5) is 14.6. The number of hydrogen-bond acceptors (Lipinski definition) is 2. The Kier molecular flexibility index (Phi) is 2.94. The molecule has 2 heterocycles. The number of amides is 1. The molecule has 1 aromatic heterocycles. The van der Waals surface area contributed by atoms with Crippen molar-refractivity contribution in [1.82, 2.24) is 15.1 Å². The van der Waals surface area contributed by atoms with Crippen LogP contribution in [0.4, 0.5) is 0 Å². The second kappa shape index (κ2) is 4.59. The molecule has 18 heavy (non-hydrogen) atoms. The van der Waals surface area contributed by atoms with Crippen LogP contribution in [0.5, 0.6) is 0 Å². The van der Waals surface area contributed by atoms with Gasteiger partial charge in [-0.25, -0.2) is 0 Å². The van der Waals surface area contributed by atoms with Crippen LogP contribution in [0, 0.1) is 0 Å². The highest BCUT2D eigenvalue weighted by Gasteiger charge is 2.31. The van der Waals surface area contributed by atoms with E-state index >= 15 is 0 Å². The lowest BCUT2D eigenvalue weighted by Crippen LogP contribution is -2.39. The smallest absolute Gasteiger partial charge is 0.230 e. The number of nitrogens with zero attached hydrogens (tertiary/aromatic N) is 2. The van der Waals surface area contributed by atoms with E-state index in [1.165, 1.54) is 5.57 Å². The summed E-state index contributed by atoms with van der Waals surface area (Å²) < 4.78 is 0. The summed E-state index contributed by atoms with van der Waals surface area (Å²) in [6.45, 7) is 3.76. The number of aromatic nitrogens is 2. The lowest BCUT2D eigenvalue weighted by molar-refractivity contribution is -0.133. The second-order valence-electron chi connectivity index (χ2n) is 5.35. The summed E-state index contributed by atoms with van der Waals surface area (Å²) in [5, 5.41) is 7.11. The number of rotatable bonds is 1. The van der Waals surface area contributed by atoms with Crippen molar-refractivity contribution in [3.8, 4) is 0 Å². The Balaban J connectivity index is 1.80. The van der Waals surface area contributed by atoms with Crippen LogP contribution in [0.15, 0.2) is 17.8 Å². The van der Waals surface area contributed by atoms with Gasteiger partial charge in [0.25, 0.3) is 0 Å². The van der Waals surface area contributed by atoms with Crippen LogP contribution in [-0.2, 0) is 11.2 Å². The van der Waals surface area contributed by atoms with Crippen LogP contribution < -0.4 is 0 Å². The van der Waals surface area contributed by atoms with E-state index in [0.29, 0.717) is 0 Å². The van der Waals surface area contributed by atoms with Gasteiger partial charge in [-0.2, -0.15) is 5.10 Å². The van der Waals surface area contributed by atoms with E-state index in [-0.39, 0.29) is 11.8 Å². The van der Waals surface area contributed by atoms with Crippen molar-refractivity contribution in [2.45, 2.75) is 38.5 Å². The summed E-state index contributed by atoms with van der Waals surface area (Å²) in [5.41, 5.74) is 3.58. The Hall–Kier alpha value is -1.58. The molecule has 0 saturated carbocycles. The van der Waals surface area contributed by atoms with E-state index in [9.17, 15) is 4.79 Å². The summed E-state index contributed by atoms with van der Waals surface area (Å²) in [6, 6.07) is 0. The Morgan fingerprint density at radius 2 is 2.44 bits per heavy atom. The van der Waals surface area contributed by atoms with Gasteiger partial charge in [0, 0.05) is 24.3 Å². The molecule has 1 aliphatic heterocycles. The minimum atomic E-state index is 0.0263. The van der Waals surface area contributed by atoms with Gasteiger partial charge in [-0.3, -0.25) is 9.89 Å². The lowest BCUT2D eigenvalue weighted by atomic mass is 9.86. The molecule has 0 unspecified atom stereocenters. The standard InChI is InChI=1S/C14H19N3O/c1-10-4-3-7-17(9-10)14(18)11-5-2-6-13-12(11)8-15-16-13/h4,8,11H,2-3,5-7,9H2,1H3,(H,15,16)/t11-/m0/s1. The molecule has 4 heteroatoms. The van der Waals surface area contributed by atoms with E-state index in [1.807, 2.05) is 11.1 Å². The lowest BCUT2D eigenvalue weighted by Gasteiger charge is -2.31. The van der Waals surface area contributed by atoms with E-state index in [2.05, 4.69) is 23.2 Å². The number of nitrogens with one attached hydrogen (secondary N) is 1. The van der Waals surface area contributed by atoms with Gasteiger partial charge in [-0.15, -0.1) is 0 Å². The number of aryl methyl sites for hydroxylation is 1. The quantitative estimate of drug-likeness (QED) is 0.769. The van der Waals surface area contributed by atoms with Gasteiger partial charge in [-0.05, 0) is 32.6 Å². The van der Waals surface area contributed by atoms with Crippen LogP contribution in [0.3, 0.4) is 0 Å². The molecule has 1 N–H and O–H groups in total. The molecule has 96 valence electrons. The maximum Gasteiger partial charge on any atom is 0.230 e. The Morgan fingerprint density at radius 1 is 1.56 bits per heavy atom. The monoisotopic (exact) mass is 245 g/mol. The fourth-order valence-corrected chi connectivity index (χ4v) is 3.04. The van der Waals surface area contributed by atoms with Gasteiger partial charge >= 0.3 is 0 Å². The van der Waals surface area contributed by atoms with Gasteiger partial charge in [0.1, 0.15) is 0 Å². The maximum atomic E-state index is 12.6. The molecule has 2 aliphatic rings. The average Bonchev–Trinajstić information content (AvgIpc) is 2.86. The Bertz CT molecular complexity index is 489. The first-order valence-electron chi connectivity index (χ1n) is 6.72. The third-order valence-corrected chi connectivity index (χ3v) is 3.99. The normalized spacial score (nSPS) is 23.5. The number of aromatic amines is 1. The van der Waals surface area contributed by atoms with Crippen LogP contribution in [-0.4, -0.2) is 34.1 Å². The summed E-state index contributed by atoms with van der Waals surface area (Å²) in [7, 11) is 0. The number of carbonyl (C=O) groups excluding carboxylic acids is 1. The number of fused-ring (bicyclic) bond motifs is 1. The summed E-state index contributed by atoms with van der Waals surface area (Å²) in [5.74, 6) is 0.309. The molecule has 3 rings (SSSR count). The molecule has 0 fully saturated rings. The highest BCUT2D eigenvalue weighted by Crippen LogP contribution is 2.32. The molecule has 1 amide bonds. The summed E-state index contributed by atoms with van der Waals surface area (Å²) >= 11 is 0. The molecule has 1 aliphatic carbocycles. The third kappa shape index (κ3) is 1.96. The number of carbonyl (C=O) groups is 1. The van der Waals surface area contributed by atoms with Gasteiger partial charge in [-0.1, -0.05) is 11.6 Å². The van der Waals surface area contributed by atoms with Crippen molar-refractivity contribution >= 4 is 5.91 Å². The fraction of sp³-hybridized carbons (Fsp3) is 0.571. The van der Waals surface area contributed by atoms with Crippen molar-refractivity contribution in [3.63, 3.8) is 0 Å². The molecule has 1 aromatic rings.